The van der Waals surface area contributed by atoms with Crippen LogP contribution in [0.1, 0.15) is 50.8 Å². The van der Waals surface area contributed by atoms with Crippen LogP contribution >= 0.6 is 0 Å². The Bertz CT molecular complexity index is 409. The van der Waals surface area contributed by atoms with Gasteiger partial charge in [-0.05, 0) is 39.3 Å². The minimum atomic E-state index is -0.182. The van der Waals surface area contributed by atoms with Crippen molar-refractivity contribution >= 4 is 5.91 Å². The van der Waals surface area contributed by atoms with E-state index in [1.165, 1.54) is 5.69 Å². The molecule has 2 heterocycles. The van der Waals surface area contributed by atoms with Crippen LogP contribution in [-0.4, -0.2) is 35.1 Å². The number of hydrogen-bond donors (Lipinski definition) is 2. The summed E-state index contributed by atoms with van der Waals surface area (Å²) in [5.41, 5.74) is 1.20. The van der Waals surface area contributed by atoms with Crippen LogP contribution in [0.5, 0.6) is 0 Å². The number of nitrogens with one attached hydrogen (secondary N) is 2. The monoisotopic (exact) mass is 264 g/mol. The van der Waals surface area contributed by atoms with Crippen molar-refractivity contribution < 1.29 is 4.79 Å². The average Bonchev–Trinajstić information content (AvgIpc) is 2.94. The van der Waals surface area contributed by atoms with E-state index in [-0.39, 0.29) is 11.9 Å². The first-order chi connectivity index (χ1) is 9.24. The number of carbonyl (C=O) groups excluding carboxylic acids is 1. The third-order valence-corrected chi connectivity index (χ3v) is 3.80. The number of rotatable bonds is 5. The minimum Gasteiger partial charge on any atom is -0.354 e. The largest absolute Gasteiger partial charge is 0.354 e. The molecule has 1 unspecified atom stereocenters. The zero-order chi connectivity index (χ0) is 13.7. The van der Waals surface area contributed by atoms with Crippen LogP contribution in [0.15, 0.2) is 12.5 Å². The summed E-state index contributed by atoms with van der Waals surface area (Å²) in [6, 6.07) is -0.182. The molecule has 1 aliphatic rings. The van der Waals surface area contributed by atoms with Gasteiger partial charge in [0, 0.05) is 24.4 Å². The van der Waals surface area contributed by atoms with Gasteiger partial charge in [-0.25, -0.2) is 4.98 Å². The lowest BCUT2D eigenvalue weighted by Gasteiger charge is -2.25. The van der Waals surface area contributed by atoms with E-state index in [4.69, 9.17) is 0 Å². The van der Waals surface area contributed by atoms with Gasteiger partial charge < -0.3 is 15.2 Å². The Balaban J connectivity index is 2.07. The van der Waals surface area contributed by atoms with E-state index in [0.29, 0.717) is 5.92 Å². The molecule has 1 saturated heterocycles. The Hall–Kier alpha value is -1.36. The van der Waals surface area contributed by atoms with E-state index >= 15 is 0 Å². The van der Waals surface area contributed by atoms with Gasteiger partial charge in [0.25, 0.3) is 0 Å². The fourth-order valence-electron chi connectivity index (χ4n) is 2.59. The van der Waals surface area contributed by atoms with Crippen molar-refractivity contribution in [2.24, 2.45) is 0 Å². The first kappa shape index (κ1) is 14.1. The summed E-state index contributed by atoms with van der Waals surface area (Å²) < 4.78 is 2.03. The van der Waals surface area contributed by atoms with Crippen LogP contribution in [0.3, 0.4) is 0 Å². The van der Waals surface area contributed by atoms with Crippen molar-refractivity contribution in [3.8, 4) is 0 Å². The molecule has 1 aromatic rings. The van der Waals surface area contributed by atoms with Gasteiger partial charge in [-0.2, -0.15) is 0 Å². The summed E-state index contributed by atoms with van der Waals surface area (Å²) in [5.74, 6) is 0.597. The molecule has 1 aromatic heterocycles. The van der Waals surface area contributed by atoms with Crippen molar-refractivity contribution in [1.29, 1.82) is 0 Å². The zero-order valence-electron chi connectivity index (χ0n) is 11.9. The fourth-order valence-corrected chi connectivity index (χ4v) is 2.59. The third-order valence-electron chi connectivity index (χ3n) is 3.80. The molecule has 0 bridgehead atoms. The second-order valence-electron chi connectivity index (χ2n) is 5.22. The molecule has 0 aromatic carbocycles. The van der Waals surface area contributed by atoms with Gasteiger partial charge in [0.05, 0.1) is 6.33 Å². The summed E-state index contributed by atoms with van der Waals surface area (Å²) in [5, 5.41) is 6.32. The van der Waals surface area contributed by atoms with Crippen molar-refractivity contribution in [3.05, 3.63) is 18.2 Å². The van der Waals surface area contributed by atoms with Gasteiger partial charge >= 0.3 is 0 Å². The number of hydrogen-bond acceptors (Lipinski definition) is 3. The molecular formula is C14H24N4O. The number of imidazole rings is 1. The molecule has 2 N–H and O–H groups in total. The summed E-state index contributed by atoms with van der Waals surface area (Å²) in [7, 11) is 0. The smallest absolute Gasteiger partial charge is 0.242 e. The number of amides is 1. The SMILES string of the molecule is CCCNC(=O)C(C)n1cncc1C1CCNCC1. The summed E-state index contributed by atoms with van der Waals surface area (Å²) in [6.07, 6.45) is 6.90. The predicted octanol–water partition coefficient (Wildman–Crippen LogP) is 1.44. The molecule has 19 heavy (non-hydrogen) atoms. The van der Waals surface area contributed by atoms with Gasteiger partial charge in [-0.3, -0.25) is 4.79 Å². The molecule has 0 saturated carbocycles. The maximum Gasteiger partial charge on any atom is 0.242 e. The van der Waals surface area contributed by atoms with Crippen LogP contribution < -0.4 is 10.6 Å². The summed E-state index contributed by atoms with van der Waals surface area (Å²) in [4.78, 5) is 16.3. The highest BCUT2D eigenvalue weighted by Crippen LogP contribution is 2.26. The van der Waals surface area contributed by atoms with E-state index in [9.17, 15) is 4.79 Å². The molecular weight excluding hydrogens is 240 g/mol. The first-order valence-electron chi connectivity index (χ1n) is 7.24. The van der Waals surface area contributed by atoms with Crippen LogP contribution in [0.4, 0.5) is 0 Å². The Morgan fingerprint density at radius 2 is 2.32 bits per heavy atom. The second kappa shape index (κ2) is 6.70. The molecule has 0 spiro atoms. The Kier molecular flexibility index (Phi) is 4.96. The van der Waals surface area contributed by atoms with E-state index in [1.807, 2.05) is 17.7 Å². The van der Waals surface area contributed by atoms with Gasteiger partial charge in [-0.15, -0.1) is 0 Å². The molecule has 0 radical (unpaired) electrons. The Labute approximate surface area is 114 Å². The third kappa shape index (κ3) is 3.35. The van der Waals surface area contributed by atoms with Crippen molar-refractivity contribution in [2.75, 3.05) is 19.6 Å². The quantitative estimate of drug-likeness (QED) is 0.846. The normalized spacial score (nSPS) is 18.2. The lowest BCUT2D eigenvalue weighted by Crippen LogP contribution is -2.33. The minimum absolute atomic E-state index is 0.0787. The molecule has 1 amide bonds. The van der Waals surface area contributed by atoms with Crippen LogP contribution in [-0.2, 0) is 4.79 Å². The van der Waals surface area contributed by atoms with Crippen molar-refractivity contribution in [2.45, 2.75) is 45.1 Å². The van der Waals surface area contributed by atoms with E-state index in [2.05, 4.69) is 22.5 Å². The molecule has 2 rings (SSSR count). The highest BCUT2D eigenvalue weighted by atomic mass is 16.2. The Morgan fingerprint density at radius 1 is 1.58 bits per heavy atom. The molecule has 1 atom stereocenters. The van der Waals surface area contributed by atoms with Crippen LogP contribution in [0.2, 0.25) is 0 Å². The standard InChI is InChI=1S/C14H24N4O/c1-3-6-17-14(19)11(2)18-10-16-9-13(18)12-4-7-15-8-5-12/h9-12,15H,3-8H2,1-2H3,(H,17,19). The maximum absolute atomic E-state index is 12.1. The van der Waals surface area contributed by atoms with E-state index < -0.39 is 0 Å². The lowest BCUT2D eigenvalue weighted by atomic mass is 9.94. The van der Waals surface area contributed by atoms with Crippen molar-refractivity contribution in [3.63, 3.8) is 0 Å². The van der Waals surface area contributed by atoms with Crippen LogP contribution in [0.25, 0.3) is 0 Å². The summed E-state index contributed by atoms with van der Waals surface area (Å²) in [6.45, 7) is 6.83. The second-order valence-corrected chi connectivity index (χ2v) is 5.22. The number of nitrogens with zero attached hydrogens (tertiary/aromatic N) is 2. The Morgan fingerprint density at radius 3 is 3.00 bits per heavy atom. The molecule has 1 fully saturated rings. The topological polar surface area (TPSA) is 59.0 Å². The molecule has 5 nitrogen and oxygen atoms in total. The number of carbonyl (C=O) groups is 1. The highest BCUT2D eigenvalue weighted by molar-refractivity contribution is 5.79. The van der Waals surface area contributed by atoms with Crippen LogP contribution in [0, 0.1) is 0 Å². The van der Waals surface area contributed by atoms with Gasteiger partial charge in [0.2, 0.25) is 5.91 Å². The molecule has 5 heteroatoms. The fraction of sp³-hybridized carbons (Fsp3) is 0.714. The molecule has 1 aliphatic heterocycles. The zero-order valence-corrected chi connectivity index (χ0v) is 11.9. The van der Waals surface area contributed by atoms with E-state index in [0.717, 1.165) is 38.9 Å². The van der Waals surface area contributed by atoms with Crippen molar-refractivity contribution in [1.82, 2.24) is 20.2 Å². The predicted molar refractivity (Wildman–Crippen MR) is 75.1 cm³/mol. The maximum atomic E-state index is 12.1. The average molecular weight is 264 g/mol. The molecule has 106 valence electrons. The van der Waals surface area contributed by atoms with E-state index in [1.54, 1.807) is 6.33 Å². The van der Waals surface area contributed by atoms with Gasteiger partial charge in [0.15, 0.2) is 0 Å². The number of aromatic nitrogens is 2. The first-order valence-corrected chi connectivity index (χ1v) is 7.24. The van der Waals surface area contributed by atoms with Gasteiger partial charge in [-0.1, -0.05) is 6.92 Å². The highest BCUT2D eigenvalue weighted by Gasteiger charge is 2.23. The number of piperidine rings is 1. The molecule has 0 aliphatic carbocycles. The summed E-state index contributed by atoms with van der Waals surface area (Å²) >= 11 is 0. The van der Waals surface area contributed by atoms with Gasteiger partial charge in [0.1, 0.15) is 6.04 Å². The lowest BCUT2D eigenvalue weighted by molar-refractivity contribution is -0.123.